The van der Waals surface area contributed by atoms with Gasteiger partial charge in [-0.15, -0.1) is 0 Å². The van der Waals surface area contributed by atoms with Gasteiger partial charge >= 0.3 is 5.97 Å². The fraction of sp³-hybridized carbons (Fsp3) is 0.909. The molecule has 3 heteroatoms. The summed E-state index contributed by atoms with van der Waals surface area (Å²) in [4.78, 5) is 11.6. The molecular formula is C11H19NO2. The average Bonchev–Trinajstić information content (AvgIpc) is 2.74. The van der Waals surface area contributed by atoms with E-state index in [2.05, 4.69) is 12.2 Å². The summed E-state index contributed by atoms with van der Waals surface area (Å²) in [6.45, 7) is 4.08. The summed E-state index contributed by atoms with van der Waals surface area (Å²) >= 11 is 0. The van der Waals surface area contributed by atoms with Crippen LogP contribution in [0.2, 0.25) is 0 Å². The molecule has 2 fully saturated rings. The molecule has 80 valence electrons. The van der Waals surface area contributed by atoms with E-state index in [0.717, 1.165) is 19.0 Å². The number of methoxy groups -OCH3 is 1. The first-order valence-electron chi connectivity index (χ1n) is 5.46. The first-order valence-corrected chi connectivity index (χ1v) is 5.46. The molecule has 3 atom stereocenters. The lowest BCUT2D eigenvalue weighted by atomic mass is 9.76. The molecular weight excluding hydrogens is 178 g/mol. The predicted octanol–water partition coefficient (Wildman–Crippen LogP) is 1.19. The van der Waals surface area contributed by atoms with Crippen molar-refractivity contribution in [2.75, 3.05) is 20.2 Å². The molecule has 0 bridgehead atoms. The third-order valence-corrected chi connectivity index (χ3v) is 3.94. The van der Waals surface area contributed by atoms with E-state index >= 15 is 0 Å². The van der Waals surface area contributed by atoms with Gasteiger partial charge in [-0.25, -0.2) is 0 Å². The standard InChI is InChI=1S/C11H19NO2/c1-8-3-4-11(5-8)7-12-6-9(11)10(13)14-2/h8-9,12H,3-7H2,1-2H3. The van der Waals surface area contributed by atoms with Gasteiger partial charge in [-0.2, -0.15) is 0 Å². The van der Waals surface area contributed by atoms with Crippen molar-refractivity contribution in [3.05, 3.63) is 0 Å². The molecule has 2 aliphatic rings. The third-order valence-electron chi connectivity index (χ3n) is 3.94. The van der Waals surface area contributed by atoms with Crippen molar-refractivity contribution in [2.24, 2.45) is 17.3 Å². The topological polar surface area (TPSA) is 38.3 Å². The molecule has 0 aromatic rings. The highest BCUT2D eigenvalue weighted by Crippen LogP contribution is 2.49. The van der Waals surface area contributed by atoms with Gasteiger partial charge in [0.05, 0.1) is 13.0 Å². The number of carbonyl (C=O) groups excluding carboxylic acids is 1. The number of carbonyl (C=O) groups is 1. The van der Waals surface area contributed by atoms with Crippen molar-refractivity contribution in [3.63, 3.8) is 0 Å². The van der Waals surface area contributed by atoms with Crippen LogP contribution >= 0.6 is 0 Å². The largest absolute Gasteiger partial charge is 0.469 e. The summed E-state index contributed by atoms with van der Waals surface area (Å²) in [5.41, 5.74) is 0.215. The molecule has 1 spiro atoms. The summed E-state index contributed by atoms with van der Waals surface area (Å²) < 4.78 is 4.88. The average molecular weight is 197 g/mol. The number of nitrogens with one attached hydrogen (secondary N) is 1. The van der Waals surface area contributed by atoms with Crippen LogP contribution < -0.4 is 5.32 Å². The Morgan fingerprint density at radius 1 is 1.57 bits per heavy atom. The van der Waals surface area contributed by atoms with Gasteiger partial charge in [0.2, 0.25) is 0 Å². The van der Waals surface area contributed by atoms with E-state index in [4.69, 9.17) is 4.74 Å². The molecule has 1 aliphatic heterocycles. The second-order valence-corrected chi connectivity index (χ2v) is 4.92. The van der Waals surface area contributed by atoms with Crippen LogP contribution in [0.4, 0.5) is 0 Å². The molecule has 14 heavy (non-hydrogen) atoms. The minimum Gasteiger partial charge on any atom is -0.469 e. The molecule has 1 heterocycles. The van der Waals surface area contributed by atoms with Gasteiger partial charge in [-0.3, -0.25) is 4.79 Å². The lowest BCUT2D eigenvalue weighted by Gasteiger charge is -2.28. The Labute approximate surface area is 85.2 Å². The number of hydrogen-bond donors (Lipinski definition) is 1. The van der Waals surface area contributed by atoms with Crippen molar-refractivity contribution >= 4 is 5.97 Å². The maximum Gasteiger partial charge on any atom is 0.310 e. The van der Waals surface area contributed by atoms with Gasteiger partial charge in [0.15, 0.2) is 0 Å². The molecule has 1 N–H and O–H groups in total. The summed E-state index contributed by atoms with van der Waals surface area (Å²) in [6.07, 6.45) is 3.62. The zero-order valence-corrected chi connectivity index (χ0v) is 9.01. The van der Waals surface area contributed by atoms with Crippen LogP contribution in [0.3, 0.4) is 0 Å². The molecule has 1 saturated heterocycles. The van der Waals surface area contributed by atoms with Crippen molar-refractivity contribution in [1.29, 1.82) is 0 Å². The third kappa shape index (κ3) is 1.44. The van der Waals surface area contributed by atoms with Gasteiger partial charge in [-0.1, -0.05) is 13.3 Å². The van der Waals surface area contributed by atoms with E-state index in [-0.39, 0.29) is 17.3 Å². The highest BCUT2D eigenvalue weighted by Gasteiger charge is 2.50. The van der Waals surface area contributed by atoms with Crippen LogP contribution in [-0.2, 0) is 9.53 Å². The van der Waals surface area contributed by atoms with Crippen molar-refractivity contribution in [3.8, 4) is 0 Å². The van der Waals surface area contributed by atoms with E-state index in [1.807, 2.05) is 0 Å². The minimum atomic E-state index is -0.0240. The molecule has 0 aromatic heterocycles. The number of rotatable bonds is 1. The Kier molecular flexibility index (Phi) is 2.52. The normalized spacial score (nSPS) is 41.9. The van der Waals surface area contributed by atoms with Crippen LogP contribution in [-0.4, -0.2) is 26.2 Å². The van der Waals surface area contributed by atoms with Crippen LogP contribution in [0.1, 0.15) is 26.2 Å². The number of hydrogen-bond acceptors (Lipinski definition) is 3. The SMILES string of the molecule is COC(=O)C1CNCC12CCC(C)C2. The molecule has 3 unspecified atom stereocenters. The summed E-state index contributed by atoms with van der Waals surface area (Å²) in [5, 5.41) is 3.34. The molecule has 2 rings (SSSR count). The van der Waals surface area contributed by atoms with E-state index < -0.39 is 0 Å². The Hall–Kier alpha value is -0.570. The maximum atomic E-state index is 11.6. The number of esters is 1. The molecule has 1 saturated carbocycles. The second-order valence-electron chi connectivity index (χ2n) is 4.92. The van der Waals surface area contributed by atoms with E-state index in [0.29, 0.717) is 0 Å². The molecule has 0 aromatic carbocycles. The zero-order chi connectivity index (χ0) is 10.2. The summed E-state index contributed by atoms with van der Waals surface area (Å²) in [7, 11) is 1.49. The summed E-state index contributed by atoms with van der Waals surface area (Å²) in [6, 6.07) is 0. The lowest BCUT2D eigenvalue weighted by Crippen LogP contribution is -2.33. The Bertz CT molecular complexity index is 241. The smallest absolute Gasteiger partial charge is 0.310 e. The highest BCUT2D eigenvalue weighted by atomic mass is 16.5. The minimum absolute atomic E-state index is 0.0240. The second kappa shape index (κ2) is 3.54. The lowest BCUT2D eigenvalue weighted by molar-refractivity contribution is -0.148. The predicted molar refractivity (Wildman–Crippen MR) is 53.8 cm³/mol. The molecule has 0 radical (unpaired) electrons. The van der Waals surface area contributed by atoms with Gasteiger partial charge < -0.3 is 10.1 Å². The molecule has 0 amide bonds. The van der Waals surface area contributed by atoms with Gasteiger partial charge in [-0.05, 0) is 24.2 Å². The van der Waals surface area contributed by atoms with Crippen LogP contribution in [0.15, 0.2) is 0 Å². The van der Waals surface area contributed by atoms with E-state index in [1.54, 1.807) is 0 Å². The fourth-order valence-electron chi connectivity index (χ4n) is 3.19. The molecule has 3 nitrogen and oxygen atoms in total. The zero-order valence-electron chi connectivity index (χ0n) is 9.01. The quantitative estimate of drug-likeness (QED) is 0.642. The Balaban J connectivity index is 2.13. The van der Waals surface area contributed by atoms with Crippen LogP contribution in [0.25, 0.3) is 0 Å². The Morgan fingerprint density at radius 3 is 2.93 bits per heavy atom. The Morgan fingerprint density at radius 2 is 2.36 bits per heavy atom. The monoisotopic (exact) mass is 197 g/mol. The molecule has 1 aliphatic carbocycles. The fourth-order valence-corrected chi connectivity index (χ4v) is 3.19. The van der Waals surface area contributed by atoms with Gasteiger partial charge in [0.25, 0.3) is 0 Å². The van der Waals surface area contributed by atoms with Crippen LogP contribution in [0.5, 0.6) is 0 Å². The first kappa shape index (κ1) is 9.97. The van der Waals surface area contributed by atoms with Crippen molar-refractivity contribution in [1.82, 2.24) is 5.32 Å². The van der Waals surface area contributed by atoms with Gasteiger partial charge in [0, 0.05) is 13.1 Å². The maximum absolute atomic E-state index is 11.6. The van der Waals surface area contributed by atoms with E-state index in [9.17, 15) is 4.79 Å². The van der Waals surface area contributed by atoms with Crippen molar-refractivity contribution in [2.45, 2.75) is 26.2 Å². The first-order chi connectivity index (χ1) is 6.68. The summed E-state index contributed by atoms with van der Waals surface area (Å²) in [5.74, 6) is 0.837. The van der Waals surface area contributed by atoms with Crippen LogP contribution in [0, 0.1) is 17.3 Å². The van der Waals surface area contributed by atoms with Crippen molar-refractivity contribution < 1.29 is 9.53 Å². The number of ether oxygens (including phenoxy) is 1. The highest BCUT2D eigenvalue weighted by molar-refractivity contribution is 5.74. The van der Waals surface area contributed by atoms with Gasteiger partial charge in [0.1, 0.15) is 0 Å². The van der Waals surface area contributed by atoms with E-state index in [1.165, 1.54) is 26.4 Å².